The van der Waals surface area contributed by atoms with E-state index in [4.69, 9.17) is 11.6 Å². The van der Waals surface area contributed by atoms with Gasteiger partial charge in [-0.2, -0.15) is 13.2 Å². The van der Waals surface area contributed by atoms with Gasteiger partial charge in [-0.05, 0) is 135 Å². The second kappa shape index (κ2) is 21.6. The number of halogens is 4. The van der Waals surface area contributed by atoms with E-state index in [-0.39, 0.29) is 11.0 Å². The van der Waals surface area contributed by atoms with Crippen LogP contribution in [0.1, 0.15) is 68.3 Å². The number of allylic oxidation sites excluding steroid dienone is 1. The van der Waals surface area contributed by atoms with Gasteiger partial charge in [-0.15, -0.1) is 11.8 Å². The zero-order chi connectivity index (χ0) is 48.9. The minimum atomic E-state index is -6.11. The van der Waals surface area contributed by atoms with Crippen LogP contribution in [-0.4, -0.2) is 113 Å². The fraction of sp³-hybridized carbons (Fsp3) is 0.429. The number of likely N-dealkylation sites (tertiary alicyclic amines) is 1. The number of benzene rings is 4. The molecule has 0 bridgehead atoms. The lowest BCUT2D eigenvalue weighted by Gasteiger charge is -2.39. The molecule has 68 heavy (non-hydrogen) atoms. The monoisotopic (exact) mass is 1020 g/mol. The van der Waals surface area contributed by atoms with Crippen LogP contribution in [0.2, 0.25) is 5.02 Å². The van der Waals surface area contributed by atoms with Gasteiger partial charge in [-0.25, -0.2) is 21.6 Å². The van der Waals surface area contributed by atoms with Crippen molar-refractivity contribution in [1.82, 2.24) is 14.5 Å². The smallest absolute Gasteiger partial charge is 0.481 e. The van der Waals surface area contributed by atoms with Gasteiger partial charge in [-0.1, -0.05) is 61.4 Å². The molecule has 0 saturated carbocycles. The Morgan fingerprint density at radius 3 is 2.16 bits per heavy atom. The Morgan fingerprint density at radius 2 is 1.53 bits per heavy atom. The number of nitrogens with zero attached hydrogens (tertiary/aromatic N) is 3. The molecule has 2 heterocycles. The molecule has 366 valence electrons. The fourth-order valence-corrected chi connectivity index (χ4v) is 12.2. The van der Waals surface area contributed by atoms with Gasteiger partial charge in [0.15, 0.2) is 0 Å². The Bertz CT molecular complexity index is 2670. The summed E-state index contributed by atoms with van der Waals surface area (Å²) in [5, 5.41) is 13.1. The average Bonchev–Trinajstić information content (AvgIpc) is 3.30. The maximum atomic E-state index is 14.2. The summed E-state index contributed by atoms with van der Waals surface area (Å²) in [5.74, 6) is -2.06. The molecule has 0 aromatic heterocycles. The highest BCUT2D eigenvalue weighted by atomic mass is 35.5. The third kappa shape index (κ3) is 13.0. The van der Waals surface area contributed by atoms with Crippen LogP contribution >= 0.6 is 23.4 Å². The van der Waals surface area contributed by atoms with Crippen molar-refractivity contribution in [2.75, 3.05) is 68.3 Å². The van der Waals surface area contributed by atoms with Crippen LogP contribution in [0, 0.1) is 11.3 Å². The standard InChI is InChI=1S/C49H57ClF3N5O7S3/c1-48(2)22-18-43(34-8-12-38(50)13-9-34)37(31-48)32-57-26-28-58(29-27-57)40-14-10-35(11-15-40)46(59)55-68(64,65)42-16-17-44(45(30-42)67(62,63)49(51,52)53)54-39(33-66-41-6-4-3-5-7-41)21-25-56-23-19-36(20-24-56)47(60)61/h3-17,30,36,39,54H,18-29,31-33H2,1-2H3,(H,55,59)(H,60,61). The number of hydrogen-bond acceptors (Lipinski definition) is 11. The first-order valence-electron chi connectivity index (χ1n) is 22.6. The van der Waals surface area contributed by atoms with Gasteiger partial charge in [0.05, 0.1) is 16.5 Å². The van der Waals surface area contributed by atoms with Crippen molar-refractivity contribution in [2.45, 2.75) is 78.6 Å². The van der Waals surface area contributed by atoms with Crippen molar-refractivity contribution >= 4 is 72.0 Å². The lowest BCUT2D eigenvalue weighted by molar-refractivity contribution is -0.143. The van der Waals surface area contributed by atoms with Crippen molar-refractivity contribution in [3.05, 3.63) is 119 Å². The quantitative estimate of drug-likeness (QED) is 0.0864. The van der Waals surface area contributed by atoms with Crippen LogP contribution in [0.3, 0.4) is 0 Å². The predicted molar refractivity (Wildman–Crippen MR) is 261 cm³/mol. The van der Waals surface area contributed by atoms with Crippen LogP contribution in [0.15, 0.2) is 117 Å². The molecule has 2 fully saturated rings. The highest BCUT2D eigenvalue weighted by Gasteiger charge is 2.48. The largest absolute Gasteiger partial charge is 0.501 e. The molecule has 0 radical (unpaired) electrons. The number of sulfonamides is 1. The molecule has 3 aliphatic rings. The number of carbonyl (C=O) groups excluding carboxylic acids is 1. The number of carboxylic acids is 1. The number of alkyl halides is 3. The predicted octanol–water partition coefficient (Wildman–Crippen LogP) is 9.30. The van der Waals surface area contributed by atoms with Gasteiger partial charge >= 0.3 is 11.5 Å². The number of rotatable bonds is 17. The molecule has 4 aromatic carbocycles. The number of nitrogens with one attached hydrogen (secondary N) is 2. The van der Waals surface area contributed by atoms with E-state index in [9.17, 15) is 44.7 Å². The normalized spacial score (nSPS) is 18.3. The van der Waals surface area contributed by atoms with Gasteiger partial charge in [0.2, 0.25) is 0 Å². The molecule has 19 heteroatoms. The number of piperidine rings is 1. The van der Waals surface area contributed by atoms with Gasteiger partial charge in [0.25, 0.3) is 25.8 Å². The number of sulfone groups is 1. The fourth-order valence-electron chi connectivity index (χ4n) is 9.07. The first kappa shape index (κ1) is 51.3. The molecule has 1 unspecified atom stereocenters. The molecule has 2 saturated heterocycles. The highest BCUT2D eigenvalue weighted by Crippen LogP contribution is 2.43. The Labute approximate surface area is 406 Å². The van der Waals surface area contributed by atoms with Crippen molar-refractivity contribution < 1.29 is 44.7 Å². The van der Waals surface area contributed by atoms with Crippen molar-refractivity contribution in [1.29, 1.82) is 0 Å². The number of carbonyl (C=O) groups is 2. The Hall–Kier alpha value is -4.59. The van der Waals surface area contributed by atoms with Gasteiger partial charge in [0.1, 0.15) is 4.90 Å². The van der Waals surface area contributed by atoms with Crippen molar-refractivity contribution in [3.8, 4) is 0 Å². The second-order valence-corrected chi connectivity index (χ2v) is 23.6. The maximum Gasteiger partial charge on any atom is 0.501 e. The molecule has 2 aliphatic heterocycles. The molecule has 0 spiro atoms. The summed E-state index contributed by atoms with van der Waals surface area (Å²) in [4.78, 5) is 30.2. The number of piperazine rings is 1. The van der Waals surface area contributed by atoms with E-state index >= 15 is 0 Å². The van der Waals surface area contributed by atoms with E-state index in [1.807, 2.05) is 47.2 Å². The molecule has 1 atom stereocenters. The molecule has 1 aliphatic carbocycles. The third-order valence-electron chi connectivity index (χ3n) is 13.0. The number of anilines is 2. The molecule has 3 N–H and O–H groups in total. The number of carboxylic acid groups (broad SMARTS) is 1. The summed E-state index contributed by atoms with van der Waals surface area (Å²) >= 11 is 7.59. The summed E-state index contributed by atoms with van der Waals surface area (Å²) in [5.41, 5.74) is -1.18. The molecule has 7 rings (SSSR count). The van der Waals surface area contributed by atoms with Crippen LogP contribution in [0.5, 0.6) is 0 Å². The number of hydrogen-bond donors (Lipinski definition) is 3. The molecular weight excluding hydrogens is 959 g/mol. The molecular formula is C49H57ClF3N5O7S3. The first-order valence-corrected chi connectivity index (χ1v) is 27.0. The number of aliphatic carboxylic acids is 1. The maximum absolute atomic E-state index is 14.2. The lowest BCUT2D eigenvalue weighted by Crippen LogP contribution is -2.47. The van der Waals surface area contributed by atoms with E-state index in [0.29, 0.717) is 55.7 Å². The SMILES string of the molecule is CC1(C)CCC(c2ccc(Cl)cc2)=C(CN2CCN(c3ccc(C(=O)NS(=O)(=O)c4ccc(NC(CCN5CCC(C(=O)O)CC5)CSc5ccccc5)c(S(=O)(=O)C(F)(F)F)c4)cc3)CC2)C1. The van der Waals surface area contributed by atoms with Crippen molar-refractivity contribution in [2.24, 2.45) is 11.3 Å². The summed E-state index contributed by atoms with van der Waals surface area (Å²) in [6.07, 6.45) is 4.36. The number of thioether (sulfide) groups is 1. The van der Waals surface area contributed by atoms with Crippen LogP contribution in [0.4, 0.5) is 24.5 Å². The van der Waals surface area contributed by atoms with E-state index < -0.39 is 64.7 Å². The Balaban J connectivity index is 1.02. The van der Waals surface area contributed by atoms with E-state index in [0.717, 1.165) is 74.7 Å². The second-order valence-electron chi connectivity index (χ2n) is 18.5. The summed E-state index contributed by atoms with van der Waals surface area (Å²) in [6.45, 7) is 10.0. The van der Waals surface area contributed by atoms with Crippen LogP contribution in [0.25, 0.3) is 5.57 Å². The third-order valence-corrected chi connectivity index (χ3v) is 17.3. The first-order chi connectivity index (χ1) is 32.2. The minimum absolute atomic E-state index is 0.0232. The topological polar surface area (TPSA) is 156 Å². The van der Waals surface area contributed by atoms with E-state index in [1.165, 1.54) is 40.6 Å². The molecule has 1 amide bonds. The highest BCUT2D eigenvalue weighted by molar-refractivity contribution is 7.99. The average molecular weight is 1020 g/mol. The Kier molecular flexibility index (Phi) is 16.3. The summed E-state index contributed by atoms with van der Waals surface area (Å²) in [6, 6.07) is 25.4. The number of amides is 1. The van der Waals surface area contributed by atoms with Crippen LogP contribution in [-0.2, 0) is 24.7 Å². The lowest BCUT2D eigenvalue weighted by atomic mass is 9.73. The Morgan fingerprint density at radius 1 is 0.868 bits per heavy atom. The van der Waals surface area contributed by atoms with E-state index in [2.05, 4.69) is 46.0 Å². The van der Waals surface area contributed by atoms with E-state index in [1.54, 1.807) is 12.1 Å². The zero-order valence-electron chi connectivity index (χ0n) is 38.0. The van der Waals surface area contributed by atoms with Crippen LogP contribution < -0.4 is 14.9 Å². The van der Waals surface area contributed by atoms with Gasteiger partial charge in [-0.3, -0.25) is 14.5 Å². The van der Waals surface area contributed by atoms with Gasteiger partial charge in [0, 0.05) is 72.2 Å². The minimum Gasteiger partial charge on any atom is -0.481 e. The molecule has 12 nitrogen and oxygen atoms in total. The zero-order valence-corrected chi connectivity index (χ0v) is 41.2. The summed E-state index contributed by atoms with van der Waals surface area (Å²) in [7, 11) is -11.0. The van der Waals surface area contributed by atoms with Gasteiger partial charge < -0.3 is 20.2 Å². The molecule has 4 aromatic rings. The van der Waals surface area contributed by atoms with Crippen molar-refractivity contribution in [3.63, 3.8) is 0 Å². The summed E-state index contributed by atoms with van der Waals surface area (Å²) < 4.78 is 98.0.